The highest BCUT2D eigenvalue weighted by Crippen LogP contribution is 2.36. The number of hydrogen-bond acceptors (Lipinski definition) is 5. The molecule has 1 fully saturated rings. The lowest BCUT2D eigenvalue weighted by Crippen LogP contribution is -2.27. The first-order chi connectivity index (χ1) is 11.2. The minimum absolute atomic E-state index is 0.258. The lowest BCUT2D eigenvalue weighted by molar-refractivity contribution is 0.102. The summed E-state index contributed by atoms with van der Waals surface area (Å²) in [4.78, 5) is 0. The van der Waals surface area contributed by atoms with Crippen molar-refractivity contribution in [1.82, 2.24) is 9.46 Å². The largest absolute Gasteiger partial charge is 0.376 e. The van der Waals surface area contributed by atoms with E-state index < -0.39 is 15.3 Å². The first-order valence-electron chi connectivity index (χ1n) is 7.74. The van der Waals surface area contributed by atoms with Crippen LogP contribution >= 0.6 is 0 Å². The summed E-state index contributed by atoms with van der Waals surface area (Å²) in [6, 6.07) is 9.39. The third kappa shape index (κ3) is 2.58. The standard InChI is InChI=1S/C16H18N2O4S/c19-23(20)16(12-4-2-1-3-5-12)6-8-18(23)10-14-13-11-21-9-7-15(13)22-17-14/h1-5,16H,6-11H2. The summed E-state index contributed by atoms with van der Waals surface area (Å²) in [6.45, 7) is 1.84. The number of nitrogens with zero attached hydrogens (tertiary/aromatic N) is 2. The van der Waals surface area contributed by atoms with Gasteiger partial charge in [0.15, 0.2) is 0 Å². The van der Waals surface area contributed by atoms with Gasteiger partial charge in [0.25, 0.3) is 0 Å². The molecule has 2 aliphatic rings. The molecular formula is C16H18N2O4S. The zero-order valence-corrected chi connectivity index (χ0v) is 13.5. The van der Waals surface area contributed by atoms with Crippen LogP contribution in [0.5, 0.6) is 0 Å². The second kappa shape index (κ2) is 5.74. The van der Waals surface area contributed by atoms with E-state index in [9.17, 15) is 8.42 Å². The smallest absolute Gasteiger partial charge is 0.221 e. The van der Waals surface area contributed by atoms with Crippen LogP contribution in [0.15, 0.2) is 34.9 Å². The summed E-state index contributed by atoms with van der Waals surface area (Å²) in [5.74, 6) is 0.822. The molecule has 23 heavy (non-hydrogen) atoms. The Bertz CT molecular complexity index is 801. The van der Waals surface area contributed by atoms with Crippen molar-refractivity contribution in [3.63, 3.8) is 0 Å². The van der Waals surface area contributed by atoms with Crippen LogP contribution in [0.2, 0.25) is 0 Å². The highest BCUT2D eigenvalue weighted by molar-refractivity contribution is 7.89. The summed E-state index contributed by atoms with van der Waals surface area (Å²) < 4.78 is 37.9. The third-order valence-corrected chi connectivity index (χ3v) is 6.79. The van der Waals surface area contributed by atoms with Crippen LogP contribution in [-0.4, -0.2) is 31.0 Å². The van der Waals surface area contributed by atoms with E-state index in [1.54, 1.807) is 0 Å². The molecule has 2 aliphatic heterocycles. The molecule has 7 heteroatoms. The van der Waals surface area contributed by atoms with Gasteiger partial charge in [-0.2, -0.15) is 4.31 Å². The number of rotatable bonds is 3. The predicted octanol–water partition coefficient (Wildman–Crippen LogP) is 2.02. The van der Waals surface area contributed by atoms with Crippen LogP contribution in [0.1, 0.15) is 34.3 Å². The summed E-state index contributed by atoms with van der Waals surface area (Å²) in [5.41, 5.74) is 2.44. The van der Waals surface area contributed by atoms with Crippen molar-refractivity contribution in [3.05, 3.63) is 52.9 Å². The van der Waals surface area contributed by atoms with E-state index in [1.807, 2.05) is 30.3 Å². The Balaban J connectivity index is 1.58. The Labute approximate surface area is 135 Å². The molecule has 0 N–H and O–H groups in total. The zero-order chi connectivity index (χ0) is 15.9. The van der Waals surface area contributed by atoms with Crippen molar-refractivity contribution in [1.29, 1.82) is 0 Å². The Morgan fingerprint density at radius 2 is 2.09 bits per heavy atom. The third-order valence-electron chi connectivity index (χ3n) is 4.53. The molecule has 0 spiro atoms. The fourth-order valence-corrected chi connectivity index (χ4v) is 5.19. The fourth-order valence-electron chi connectivity index (χ4n) is 3.26. The molecule has 2 aromatic rings. The van der Waals surface area contributed by atoms with E-state index in [0.29, 0.717) is 38.3 Å². The average Bonchev–Trinajstić information content (AvgIpc) is 3.10. The van der Waals surface area contributed by atoms with Gasteiger partial charge in [0, 0.05) is 18.5 Å². The van der Waals surface area contributed by atoms with Gasteiger partial charge in [-0.15, -0.1) is 0 Å². The molecule has 122 valence electrons. The zero-order valence-electron chi connectivity index (χ0n) is 12.6. The fraction of sp³-hybridized carbons (Fsp3) is 0.438. The highest BCUT2D eigenvalue weighted by Gasteiger charge is 2.40. The van der Waals surface area contributed by atoms with Crippen LogP contribution in [0.3, 0.4) is 0 Å². The van der Waals surface area contributed by atoms with Crippen molar-refractivity contribution in [2.75, 3.05) is 13.2 Å². The van der Waals surface area contributed by atoms with E-state index in [-0.39, 0.29) is 6.54 Å². The molecular weight excluding hydrogens is 316 g/mol. The maximum atomic E-state index is 12.8. The Morgan fingerprint density at radius 3 is 2.91 bits per heavy atom. The van der Waals surface area contributed by atoms with Crippen molar-refractivity contribution in [2.24, 2.45) is 0 Å². The van der Waals surface area contributed by atoms with Crippen molar-refractivity contribution < 1.29 is 17.7 Å². The van der Waals surface area contributed by atoms with Crippen LogP contribution in [0.25, 0.3) is 0 Å². The van der Waals surface area contributed by atoms with Crippen LogP contribution in [-0.2, 0) is 34.3 Å². The molecule has 0 radical (unpaired) electrons. The first kappa shape index (κ1) is 14.9. The van der Waals surface area contributed by atoms with E-state index in [0.717, 1.165) is 16.9 Å². The highest BCUT2D eigenvalue weighted by atomic mass is 32.2. The van der Waals surface area contributed by atoms with Crippen molar-refractivity contribution in [3.8, 4) is 0 Å². The van der Waals surface area contributed by atoms with Crippen LogP contribution in [0.4, 0.5) is 0 Å². The molecule has 1 saturated heterocycles. The number of aromatic nitrogens is 1. The molecule has 0 aliphatic carbocycles. The maximum Gasteiger partial charge on any atom is 0.221 e. The normalized spacial score (nSPS) is 23.7. The number of ether oxygens (including phenoxy) is 1. The van der Waals surface area contributed by atoms with Gasteiger partial charge in [0.1, 0.15) is 16.7 Å². The molecule has 0 amide bonds. The van der Waals surface area contributed by atoms with Gasteiger partial charge in [0.2, 0.25) is 10.0 Å². The number of sulfonamides is 1. The lowest BCUT2D eigenvalue weighted by Gasteiger charge is -2.17. The van der Waals surface area contributed by atoms with Gasteiger partial charge in [-0.25, -0.2) is 8.42 Å². The van der Waals surface area contributed by atoms with Gasteiger partial charge < -0.3 is 9.26 Å². The Morgan fingerprint density at radius 1 is 1.26 bits per heavy atom. The topological polar surface area (TPSA) is 72.6 Å². The minimum Gasteiger partial charge on any atom is -0.376 e. The van der Waals surface area contributed by atoms with E-state index in [2.05, 4.69) is 5.16 Å². The number of hydrogen-bond donors (Lipinski definition) is 0. The molecule has 1 aromatic heterocycles. The molecule has 4 rings (SSSR count). The molecule has 0 saturated carbocycles. The Kier molecular flexibility index (Phi) is 3.71. The first-order valence-corrected chi connectivity index (χ1v) is 9.24. The van der Waals surface area contributed by atoms with Gasteiger partial charge >= 0.3 is 0 Å². The van der Waals surface area contributed by atoms with Gasteiger partial charge in [-0.3, -0.25) is 0 Å². The van der Waals surface area contributed by atoms with Gasteiger partial charge in [-0.05, 0) is 12.0 Å². The predicted molar refractivity (Wildman–Crippen MR) is 83.0 cm³/mol. The monoisotopic (exact) mass is 334 g/mol. The van der Waals surface area contributed by atoms with Crippen molar-refractivity contribution in [2.45, 2.75) is 31.2 Å². The quantitative estimate of drug-likeness (QED) is 0.859. The number of fused-ring (bicyclic) bond motifs is 1. The van der Waals surface area contributed by atoms with Gasteiger partial charge in [0.05, 0.1) is 19.8 Å². The average molecular weight is 334 g/mol. The molecule has 6 nitrogen and oxygen atoms in total. The molecule has 1 unspecified atom stereocenters. The Hall–Kier alpha value is -1.70. The molecule has 0 bridgehead atoms. The summed E-state index contributed by atoms with van der Waals surface area (Å²) in [5, 5.41) is 3.59. The van der Waals surface area contributed by atoms with Gasteiger partial charge in [-0.1, -0.05) is 35.5 Å². The SMILES string of the molecule is O=S1(=O)C(c2ccccc2)CCN1Cc1noc2c1COCC2. The minimum atomic E-state index is -3.37. The molecule has 1 aromatic carbocycles. The van der Waals surface area contributed by atoms with Crippen LogP contribution < -0.4 is 0 Å². The number of benzene rings is 1. The molecule has 1 atom stereocenters. The summed E-state index contributed by atoms with van der Waals surface area (Å²) in [7, 11) is -3.37. The van der Waals surface area contributed by atoms with Crippen molar-refractivity contribution >= 4 is 10.0 Å². The second-order valence-corrected chi connectivity index (χ2v) is 8.02. The summed E-state index contributed by atoms with van der Waals surface area (Å²) in [6.07, 6.45) is 1.30. The lowest BCUT2D eigenvalue weighted by atomic mass is 10.1. The summed E-state index contributed by atoms with van der Waals surface area (Å²) >= 11 is 0. The van der Waals surface area contributed by atoms with E-state index >= 15 is 0 Å². The van der Waals surface area contributed by atoms with E-state index in [1.165, 1.54) is 4.31 Å². The maximum absolute atomic E-state index is 12.8. The second-order valence-electron chi connectivity index (χ2n) is 5.90. The molecule has 3 heterocycles. The van der Waals surface area contributed by atoms with E-state index in [4.69, 9.17) is 9.26 Å². The van der Waals surface area contributed by atoms with Crippen LogP contribution in [0, 0.1) is 0 Å².